The van der Waals surface area contributed by atoms with Crippen LogP contribution in [0.1, 0.15) is 145 Å². The van der Waals surface area contributed by atoms with E-state index >= 15 is 0 Å². The Morgan fingerprint density at radius 1 is 0.590 bits per heavy atom. The lowest BCUT2D eigenvalue weighted by Gasteiger charge is -2.61. The minimum absolute atomic E-state index is 0.0734. The SMILES string of the molecule is CC(C)c1cc(C(C)C)c2c(c1)oc1c(N(c3ccc4c(c3)C(C)(C)c3ccccc3-4)c3ccc4c(c3)C3(c5ccccc5-4)C4CC5CC(C4)CC3C5)cc(C(C)(C)C)cc12. The van der Waals surface area contributed by atoms with Gasteiger partial charge in [-0.3, -0.25) is 0 Å². The van der Waals surface area contributed by atoms with Crippen molar-refractivity contribution in [2.75, 3.05) is 4.90 Å². The molecule has 308 valence electrons. The summed E-state index contributed by atoms with van der Waals surface area (Å²) in [5.74, 6) is 3.96. The van der Waals surface area contributed by atoms with E-state index in [2.05, 4.69) is 176 Å². The van der Waals surface area contributed by atoms with Gasteiger partial charge in [0.25, 0.3) is 0 Å². The summed E-state index contributed by atoms with van der Waals surface area (Å²) in [4.78, 5) is 2.60. The summed E-state index contributed by atoms with van der Waals surface area (Å²) in [6.45, 7) is 21.2. The van der Waals surface area contributed by atoms with Crippen LogP contribution in [0.3, 0.4) is 0 Å². The van der Waals surface area contributed by atoms with Crippen LogP contribution in [0.2, 0.25) is 0 Å². The van der Waals surface area contributed by atoms with E-state index in [1.807, 2.05) is 0 Å². The Labute approximate surface area is 363 Å². The first-order valence-electron chi connectivity index (χ1n) is 23.6. The van der Waals surface area contributed by atoms with Gasteiger partial charge >= 0.3 is 0 Å². The topological polar surface area (TPSA) is 16.4 Å². The molecule has 0 N–H and O–H groups in total. The molecule has 1 spiro atoms. The largest absolute Gasteiger partial charge is 0.454 e. The molecule has 1 heterocycles. The number of hydrogen-bond acceptors (Lipinski definition) is 2. The fourth-order valence-corrected chi connectivity index (χ4v) is 14.0. The Balaban J connectivity index is 1.16. The maximum absolute atomic E-state index is 7.33. The molecule has 6 aromatic carbocycles. The van der Waals surface area contributed by atoms with E-state index in [0.29, 0.717) is 23.7 Å². The molecule has 0 atom stereocenters. The predicted octanol–water partition coefficient (Wildman–Crippen LogP) is 16.6. The van der Waals surface area contributed by atoms with Crippen LogP contribution in [0.5, 0.6) is 0 Å². The van der Waals surface area contributed by atoms with Crippen LogP contribution >= 0.6 is 0 Å². The smallest absolute Gasteiger partial charge is 0.159 e. The minimum Gasteiger partial charge on any atom is -0.454 e. The molecule has 6 aliphatic carbocycles. The van der Waals surface area contributed by atoms with Gasteiger partial charge < -0.3 is 9.32 Å². The van der Waals surface area contributed by atoms with Gasteiger partial charge in [0.15, 0.2) is 5.58 Å². The first-order valence-corrected chi connectivity index (χ1v) is 23.6. The number of furan rings is 1. The molecule has 0 amide bonds. The number of anilines is 3. The molecule has 7 aromatic rings. The van der Waals surface area contributed by atoms with Gasteiger partial charge in [0.05, 0.1) is 5.69 Å². The number of hydrogen-bond donors (Lipinski definition) is 0. The van der Waals surface area contributed by atoms with Crippen LogP contribution in [0, 0.1) is 23.7 Å². The van der Waals surface area contributed by atoms with E-state index in [4.69, 9.17) is 4.42 Å². The summed E-state index contributed by atoms with van der Waals surface area (Å²) in [7, 11) is 0. The standard InChI is InChI=1S/C59H61NO/c1-33(2)37-27-47(34(3)4)55-48-29-38(57(5,6)7)30-53(56(48)61-54(55)28-37)60(41-18-20-45-43-14-10-12-16-49(43)58(8,9)51(45)31-41)42-19-21-46-44-15-11-13-17-50(44)59(52(46)32-42)39-23-35-22-36(25-39)26-40(59)24-35/h10-21,27-36,39-40H,22-26H2,1-9H3. The van der Waals surface area contributed by atoms with Crippen molar-refractivity contribution < 1.29 is 4.42 Å². The summed E-state index contributed by atoms with van der Waals surface area (Å²) in [6, 6.07) is 43.2. The highest BCUT2D eigenvalue weighted by atomic mass is 16.3. The van der Waals surface area contributed by atoms with Gasteiger partial charge in [0.1, 0.15) is 5.58 Å². The summed E-state index contributed by atoms with van der Waals surface area (Å²) in [6.07, 6.45) is 6.95. The number of fused-ring (bicyclic) bond motifs is 9. The molecule has 0 aliphatic heterocycles. The molecule has 13 rings (SSSR count). The Hall–Kier alpha value is -5.08. The third-order valence-electron chi connectivity index (χ3n) is 16.7. The van der Waals surface area contributed by atoms with E-state index in [-0.39, 0.29) is 16.2 Å². The lowest BCUT2D eigenvalue weighted by Crippen LogP contribution is -2.55. The maximum Gasteiger partial charge on any atom is 0.159 e. The van der Waals surface area contributed by atoms with E-state index in [1.54, 1.807) is 11.1 Å². The third-order valence-corrected chi connectivity index (χ3v) is 16.7. The molecule has 2 nitrogen and oxygen atoms in total. The van der Waals surface area contributed by atoms with Crippen molar-refractivity contribution in [1.29, 1.82) is 0 Å². The third kappa shape index (κ3) is 5.14. The van der Waals surface area contributed by atoms with Crippen molar-refractivity contribution in [2.45, 2.75) is 122 Å². The molecule has 0 saturated heterocycles. The van der Waals surface area contributed by atoms with E-state index < -0.39 is 0 Å². The van der Waals surface area contributed by atoms with Gasteiger partial charge in [-0.1, -0.05) is 129 Å². The normalized spacial score (nSPS) is 24.0. The second-order valence-corrected chi connectivity index (χ2v) is 22.2. The minimum atomic E-state index is -0.126. The summed E-state index contributed by atoms with van der Waals surface area (Å²) < 4.78 is 7.33. The van der Waals surface area contributed by atoms with Gasteiger partial charge in [0, 0.05) is 33.0 Å². The number of nitrogens with zero attached hydrogens (tertiary/aromatic N) is 1. The zero-order chi connectivity index (χ0) is 41.9. The molecule has 4 bridgehead atoms. The van der Waals surface area contributed by atoms with Crippen LogP contribution in [-0.2, 0) is 16.2 Å². The molecule has 0 unspecified atom stereocenters. The molecular weight excluding hydrogens is 739 g/mol. The van der Waals surface area contributed by atoms with Crippen LogP contribution in [-0.4, -0.2) is 0 Å². The highest BCUT2D eigenvalue weighted by molar-refractivity contribution is 6.12. The first-order chi connectivity index (χ1) is 29.2. The molecule has 6 aliphatic rings. The maximum atomic E-state index is 7.33. The Morgan fingerprint density at radius 3 is 1.79 bits per heavy atom. The first kappa shape index (κ1) is 37.7. The van der Waals surface area contributed by atoms with Gasteiger partial charge in [-0.2, -0.15) is 0 Å². The monoisotopic (exact) mass is 799 g/mol. The average Bonchev–Trinajstić information content (AvgIpc) is 3.83. The lowest BCUT2D eigenvalue weighted by atomic mass is 9.43. The van der Waals surface area contributed by atoms with Crippen molar-refractivity contribution in [3.8, 4) is 22.3 Å². The summed E-state index contributed by atoms with van der Waals surface area (Å²) >= 11 is 0. The highest BCUT2D eigenvalue weighted by Gasteiger charge is 2.61. The van der Waals surface area contributed by atoms with Crippen LogP contribution in [0.25, 0.3) is 44.2 Å². The quantitative estimate of drug-likeness (QED) is 0.172. The van der Waals surface area contributed by atoms with Crippen molar-refractivity contribution >= 4 is 39.0 Å². The second kappa shape index (κ2) is 12.7. The average molecular weight is 800 g/mol. The predicted molar refractivity (Wildman–Crippen MR) is 256 cm³/mol. The van der Waals surface area contributed by atoms with Crippen molar-refractivity contribution in [3.63, 3.8) is 0 Å². The fourth-order valence-electron chi connectivity index (χ4n) is 14.0. The second-order valence-electron chi connectivity index (χ2n) is 22.2. The van der Waals surface area contributed by atoms with Crippen LogP contribution in [0.15, 0.2) is 114 Å². The molecule has 0 radical (unpaired) electrons. The van der Waals surface area contributed by atoms with E-state index in [1.165, 1.54) is 104 Å². The van der Waals surface area contributed by atoms with Gasteiger partial charge in [-0.25, -0.2) is 0 Å². The van der Waals surface area contributed by atoms with Gasteiger partial charge in [-0.05, 0) is 177 Å². The molecule has 4 fully saturated rings. The van der Waals surface area contributed by atoms with Crippen LogP contribution < -0.4 is 4.90 Å². The van der Waals surface area contributed by atoms with E-state index in [0.717, 1.165) is 28.7 Å². The van der Waals surface area contributed by atoms with Crippen molar-refractivity contribution in [1.82, 2.24) is 0 Å². The molecule has 1 aromatic heterocycles. The summed E-state index contributed by atoms with van der Waals surface area (Å²) in [5, 5.41) is 2.49. The van der Waals surface area contributed by atoms with Crippen molar-refractivity contribution in [3.05, 3.63) is 148 Å². The Morgan fingerprint density at radius 2 is 1.16 bits per heavy atom. The molecule has 2 heteroatoms. The Bertz CT molecular complexity index is 2930. The highest BCUT2D eigenvalue weighted by Crippen LogP contribution is 2.70. The fraction of sp³-hybridized carbons (Fsp3) is 0.390. The molecule has 61 heavy (non-hydrogen) atoms. The van der Waals surface area contributed by atoms with Gasteiger partial charge in [-0.15, -0.1) is 0 Å². The van der Waals surface area contributed by atoms with Crippen LogP contribution in [0.4, 0.5) is 17.1 Å². The zero-order valence-corrected chi connectivity index (χ0v) is 37.7. The zero-order valence-electron chi connectivity index (χ0n) is 37.7. The summed E-state index contributed by atoms with van der Waals surface area (Å²) in [5.41, 5.74) is 21.0. The Kier molecular flexibility index (Phi) is 7.87. The van der Waals surface area contributed by atoms with E-state index in [9.17, 15) is 0 Å². The number of rotatable bonds is 5. The van der Waals surface area contributed by atoms with Crippen molar-refractivity contribution in [2.24, 2.45) is 23.7 Å². The molecular formula is C59H61NO. The van der Waals surface area contributed by atoms with Gasteiger partial charge in [0.2, 0.25) is 0 Å². The lowest BCUT2D eigenvalue weighted by molar-refractivity contribution is -0.0399. The number of benzene rings is 6. The molecule has 4 saturated carbocycles.